The number of rotatable bonds is 7. The molecule has 2 N–H and O–H groups in total. The van der Waals surface area contributed by atoms with Crippen molar-refractivity contribution >= 4 is 40.7 Å². The third-order valence-electron chi connectivity index (χ3n) is 3.50. The average Bonchev–Trinajstić information content (AvgIpc) is 2.61. The Kier molecular flexibility index (Phi) is 6.91. The lowest BCUT2D eigenvalue weighted by molar-refractivity contribution is -0.115. The van der Waals surface area contributed by atoms with Gasteiger partial charge in [0.25, 0.3) is 0 Å². The number of nitrogens with one attached hydrogen (secondary N) is 2. The van der Waals surface area contributed by atoms with Crippen LogP contribution >= 0.6 is 11.8 Å². The van der Waals surface area contributed by atoms with Gasteiger partial charge in [0.1, 0.15) is 5.82 Å². The van der Waals surface area contributed by atoms with E-state index in [4.69, 9.17) is 0 Å². The molecule has 0 spiro atoms. The highest BCUT2D eigenvalue weighted by atomic mass is 32.2. The molecular weight excluding hydrogens is 355 g/mol. The molecule has 2 aromatic carbocycles. The van der Waals surface area contributed by atoms with E-state index in [0.29, 0.717) is 16.9 Å². The number of carbonyl (C=O) groups is 3. The van der Waals surface area contributed by atoms with Crippen molar-refractivity contribution in [1.82, 2.24) is 0 Å². The second kappa shape index (κ2) is 9.15. The predicted octanol–water partition coefficient (Wildman–Crippen LogP) is 3.73. The molecule has 0 fully saturated rings. The molecule has 1 atom stereocenters. The number of anilines is 2. The average molecular weight is 374 g/mol. The maximum Gasteiger partial charge on any atom is 0.237 e. The van der Waals surface area contributed by atoms with Crippen molar-refractivity contribution < 1.29 is 18.8 Å². The molecule has 2 aromatic rings. The zero-order chi connectivity index (χ0) is 19.1. The molecule has 1 unspecified atom stereocenters. The predicted molar refractivity (Wildman–Crippen MR) is 102 cm³/mol. The zero-order valence-electron chi connectivity index (χ0n) is 14.4. The molecule has 0 radical (unpaired) electrons. The highest BCUT2D eigenvalue weighted by molar-refractivity contribution is 8.01. The number of carbonyl (C=O) groups excluding carboxylic acids is 3. The Balaban J connectivity index is 1.83. The van der Waals surface area contributed by atoms with Gasteiger partial charge >= 0.3 is 0 Å². The summed E-state index contributed by atoms with van der Waals surface area (Å²) in [6.07, 6.45) is 0. The molecule has 2 amide bonds. The highest BCUT2D eigenvalue weighted by Gasteiger charge is 2.16. The van der Waals surface area contributed by atoms with Crippen molar-refractivity contribution in [3.63, 3.8) is 0 Å². The smallest absolute Gasteiger partial charge is 0.237 e. The molecule has 0 heterocycles. The molecule has 7 heteroatoms. The summed E-state index contributed by atoms with van der Waals surface area (Å²) in [7, 11) is 0. The van der Waals surface area contributed by atoms with Crippen LogP contribution in [0, 0.1) is 5.82 Å². The minimum Gasteiger partial charge on any atom is -0.325 e. The lowest BCUT2D eigenvalue weighted by atomic mass is 10.1. The number of halogens is 1. The van der Waals surface area contributed by atoms with Crippen LogP contribution in [-0.2, 0) is 9.59 Å². The van der Waals surface area contributed by atoms with Gasteiger partial charge in [-0.25, -0.2) is 4.39 Å². The monoisotopic (exact) mass is 374 g/mol. The Morgan fingerprint density at radius 3 is 2.38 bits per heavy atom. The van der Waals surface area contributed by atoms with Crippen LogP contribution in [0.25, 0.3) is 0 Å². The van der Waals surface area contributed by atoms with Crippen molar-refractivity contribution in [2.24, 2.45) is 0 Å². The van der Waals surface area contributed by atoms with Gasteiger partial charge in [0.15, 0.2) is 5.78 Å². The maximum atomic E-state index is 12.8. The lowest BCUT2D eigenvalue weighted by Crippen LogP contribution is -2.25. The minimum atomic E-state index is -0.463. The number of hydrogen-bond acceptors (Lipinski definition) is 4. The van der Waals surface area contributed by atoms with Crippen molar-refractivity contribution in [2.75, 3.05) is 16.4 Å². The van der Waals surface area contributed by atoms with Crippen LogP contribution in [0.3, 0.4) is 0 Å². The van der Waals surface area contributed by atoms with Gasteiger partial charge < -0.3 is 10.6 Å². The van der Waals surface area contributed by atoms with E-state index in [9.17, 15) is 18.8 Å². The summed E-state index contributed by atoms with van der Waals surface area (Å²) < 4.78 is 12.8. The summed E-state index contributed by atoms with van der Waals surface area (Å²) in [5.74, 6) is -0.915. The zero-order valence-corrected chi connectivity index (χ0v) is 15.2. The van der Waals surface area contributed by atoms with Crippen LogP contribution < -0.4 is 10.6 Å². The largest absolute Gasteiger partial charge is 0.325 e. The Morgan fingerprint density at radius 1 is 1.04 bits per heavy atom. The number of amides is 2. The molecule has 0 saturated heterocycles. The topological polar surface area (TPSA) is 75.3 Å². The van der Waals surface area contributed by atoms with Crippen molar-refractivity contribution in [3.8, 4) is 0 Å². The first-order chi connectivity index (χ1) is 12.3. The molecule has 2 rings (SSSR count). The normalized spacial score (nSPS) is 11.5. The fourth-order valence-electron chi connectivity index (χ4n) is 2.07. The van der Waals surface area contributed by atoms with Gasteiger partial charge in [0.05, 0.1) is 11.0 Å². The van der Waals surface area contributed by atoms with Gasteiger partial charge in [-0.2, -0.15) is 0 Å². The van der Waals surface area contributed by atoms with Crippen molar-refractivity contribution in [2.45, 2.75) is 19.1 Å². The van der Waals surface area contributed by atoms with Gasteiger partial charge in [-0.15, -0.1) is 11.8 Å². The van der Waals surface area contributed by atoms with E-state index in [-0.39, 0.29) is 29.2 Å². The molecule has 0 aliphatic carbocycles. The van der Waals surface area contributed by atoms with Crippen LogP contribution in [0.4, 0.5) is 15.8 Å². The molecule has 0 saturated carbocycles. The second-order valence-corrected chi connectivity index (χ2v) is 6.96. The van der Waals surface area contributed by atoms with Crippen molar-refractivity contribution in [1.29, 1.82) is 0 Å². The van der Waals surface area contributed by atoms with E-state index in [0.717, 1.165) is 0 Å². The summed E-state index contributed by atoms with van der Waals surface area (Å²) in [5.41, 5.74) is 1.54. The van der Waals surface area contributed by atoms with E-state index >= 15 is 0 Å². The van der Waals surface area contributed by atoms with Crippen LogP contribution in [0.1, 0.15) is 24.2 Å². The summed E-state index contributed by atoms with van der Waals surface area (Å²) >= 11 is 1.18. The molecular formula is C19H19FN2O3S. The Labute approximate surface area is 155 Å². The number of ketones is 1. The Bertz CT molecular complexity index is 809. The maximum absolute atomic E-state index is 12.8. The summed E-state index contributed by atoms with van der Waals surface area (Å²) in [4.78, 5) is 35.5. The number of Topliss-reactive ketones (excluding diaryl/α,β-unsaturated/α-hetero) is 1. The first-order valence-electron chi connectivity index (χ1n) is 7.94. The van der Waals surface area contributed by atoms with Gasteiger partial charge in [-0.3, -0.25) is 14.4 Å². The van der Waals surface area contributed by atoms with Crippen LogP contribution in [0.15, 0.2) is 48.5 Å². The fraction of sp³-hybridized carbons (Fsp3) is 0.211. The highest BCUT2D eigenvalue weighted by Crippen LogP contribution is 2.16. The summed E-state index contributed by atoms with van der Waals surface area (Å²) in [6.45, 7) is 3.15. The minimum absolute atomic E-state index is 0.0824. The van der Waals surface area contributed by atoms with E-state index in [2.05, 4.69) is 10.6 Å². The molecule has 0 aliphatic heterocycles. The SMILES string of the molecule is CC(=O)c1cccc(NC(=O)C(C)SCC(=O)Nc2ccc(F)cc2)c1. The Morgan fingerprint density at radius 2 is 1.73 bits per heavy atom. The molecule has 0 aromatic heterocycles. The van der Waals surface area contributed by atoms with Gasteiger partial charge in [-0.05, 0) is 50.2 Å². The first-order valence-corrected chi connectivity index (χ1v) is 8.99. The van der Waals surface area contributed by atoms with E-state index < -0.39 is 5.25 Å². The number of benzene rings is 2. The van der Waals surface area contributed by atoms with Gasteiger partial charge in [0.2, 0.25) is 11.8 Å². The molecule has 5 nitrogen and oxygen atoms in total. The lowest BCUT2D eigenvalue weighted by Gasteiger charge is -2.12. The number of thioether (sulfide) groups is 1. The standard InChI is InChI=1S/C19H19FN2O3S/c1-12(23)14-4-3-5-17(10-14)22-19(25)13(2)26-11-18(24)21-16-8-6-15(20)7-9-16/h3-10,13H,11H2,1-2H3,(H,21,24)(H,22,25). The third kappa shape index (κ3) is 6.00. The van der Waals surface area contributed by atoms with Crippen LogP contribution in [0.2, 0.25) is 0 Å². The molecule has 0 bridgehead atoms. The number of hydrogen-bond donors (Lipinski definition) is 2. The summed E-state index contributed by atoms with van der Waals surface area (Å²) in [5, 5.41) is 4.91. The van der Waals surface area contributed by atoms with E-state index in [1.807, 2.05) is 0 Å². The second-order valence-electron chi connectivity index (χ2n) is 5.63. The summed E-state index contributed by atoms with van der Waals surface area (Å²) in [6, 6.07) is 12.1. The van der Waals surface area contributed by atoms with E-state index in [1.54, 1.807) is 31.2 Å². The van der Waals surface area contributed by atoms with Crippen LogP contribution in [-0.4, -0.2) is 28.6 Å². The fourth-order valence-corrected chi connectivity index (χ4v) is 2.75. The van der Waals surface area contributed by atoms with Crippen LogP contribution in [0.5, 0.6) is 0 Å². The Hall–Kier alpha value is -2.67. The van der Waals surface area contributed by atoms with E-state index in [1.165, 1.54) is 43.0 Å². The third-order valence-corrected chi connectivity index (χ3v) is 4.64. The molecule has 136 valence electrons. The quantitative estimate of drug-likeness (QED) is 0.724. The molecule has 26 heavy (non-hydrogen) atoms. The van der Waals surface area contributed by atoms with Gasteiger partial charge in [0, 0.05) is 16.9 Å². The molecule has 0 aliphatic rings. The van der Waals surface area contributed by atoms with Crippen molar-refractivity contribution in [3.05, 3.63) is 59.9 Å². The van der Waals surface area contributed by atoms with Gasteiger partial charge in [-0.1, -0.05) is 12.1 Å². The first kappa shape index (κ1) is 19.7.